The Morgan fingerprint density at radius 2 is 1.69 bits per heavy atom. The zero-order valence-corrected chi connectivity index (χ0v) is 27.0. The largest absolute Gasteiger partial charge is 0.497 e. The number of piperidine rings is 1. The van der Waals surface area contributed by atoms with Crippen LogP contribution in [-0.4, -0.2) is 61.0 Å². The zero-order valence-electron chi connectivity index (χ0n) is 26.0. The van der Waals surface area contributed by atoms with Crippen LogP contribution in [0.3, 0.4) is 0 Å². The van der Waals surface area contributed by atoms with Gasteiger partial charge in [-0.2, -0.15) is 0 Å². The summed E-state index contributed by atoms with van der Waals surface area (Å²) in [5, 5.41) is 0.188. The molecular formula is C32H44N4O5Si. The molecule has 2 saturated heterocycles. The molecule has 5 rings (SSSR count). The van der Waals surface area contributed by atoms with E-state index in [1.54, 1.807) is 23.3 Å². The Balaban J connectivity index is 1.34. The predicted octanol–water partition coefficient (Wildman–Crippen LogP) is 5.09. The van der Waals surface area contributed by atoms with E-state index >= 15 is 0 Å². The molecular weight excluding hydrogens is 548 g/mol. The molecule has 3 heterocycles. The van der Waals surface area contributed by atoms with Crippen molar-refractivity contribution in [2.24, 2.45) is 13.0 Å². The van der Waals surface area contributed by atoms with Crippen LogP contribution in [0.15, 0.2) is 47.3 Å². The molecule has 1 unspecified atom stereocenters. The van der Waals surface area contributed by atoms with Crippen LogP contribution in [0.25, 0.3) is 11.0 Å². The van der Waals surface area contributed by atoms with Crippen molar-refractivity contribution in [2.75, 3.05) is 31.7 Å². The lowest BCUT2D eigenvalue weighted by Crippen LogP contribution is -2.47. The normalized spacial score (nSPS) is 20.2. The third-order valence-electron chi connectivity index (χ3n) is 9.51. The summed E-state index contributed by atoms with van der Waals surface area (Å²) in [7, 11) is 1.55. The summed E-state index contributed by atoms with van der Waals surface area (Å²) < 4.78 is 14.9. The fourth-order valence-electron chi connectivity index (χ4n) is 5.74. The van der Waals surface area contributed by atoms with Crippen LogP contribution >= 0.6 is 0 Å². The van der Waals surface area contributed by atoms with Gasteiger partial charge in [-0.3, -0.25) is 23.6 Å². The number of imidazole rings is 1. The molecule has 2 aliphatic heterocycles. The third kappa shape index (κ3) is 5.66. The van der Waals surface area contributed by atoms with E-state index in [0.717, 1.165) is 42.9 Å². The standard InChI is InChI=1S/C32H44N4O5Si/c1-32(2,3)42(6,7)41-21-23-16-17-34(19-23)24-10-13-26-28(18-24)33(4)31(39)36(26)27-14-15-29(37)35(30(27)38)20-22-8-11-25(40-5)12-9-22/h8-13,18,23,27H,14-17,19-21H2,1-7H3/t23-,27?/m0/s1. The number of nitrogens with zero attached hydrogens (tertiary/aromatic N) is 4. The molecule has 0 N–H and O–H groups in total. The maximum Gasteiger partial charge on any atom is 0.329 e. The smallest absolute Gasteiger partial charge is 0.329 e. The number of aromatic nitrogens is 2. The lowest BCUT2D eigenvalue weighted by Gasteiger charge is -2.37. The van der Waals surface area contributed by atoms with E-state index in [0.29, 0.717) is 23.6 Å². The van der Waals surface area contributed by atoms with E-state index in [1.165, 1.54) is 4.90 Å². The number of benzene rings is 2. The van der Waals surface area contributed by atoms with Crippen LogP contribution in [-0.2, 0) is 27.6 Å². The lowest BCUT2D eigenvalue weighted by atomic mass is 10.0. The molecule has 2 atom stereocenters. The average Bonchev–Trinajstić information content (AvgIpc) is 3.52. The minimum absolute atomic E-state index is 0.164. The quantitative estimate of drug-likeness (QED) is 0.268. The molecule has 3 aromatic rings. The highest BCUT2D eigenvalue weighted by molar-refractivity contribution is 6.74. The molecule has 2 aliphatic rings. The first kappa shape index (κ1) is 30.1. The molecule has 1 aromatic heterocycles. The van der Waals surface area contributed by atoms with Crippen molar-refractivity contribution in [3.8, 4) is 5.75 Å². The Morgan fingerprint density at radius 1 is 0.976 bits per heavy atom. The Bertz CT molecular complexity index is 1540. The Kier molecular flexibility index (Phi) is 8.15. The van der Waals surface area contributed by atoms with Crippen molar-refractivity contribution < 1.29 is 18.8 Å². The number of amides is 2. The number of ether oxygens (including phenoxy) is 1. The summed E-state index contributed by atoms with van der Waals surface area (Å²) in [6.45, 7) is 14.2. The van der Waals surface area contributed by atoms with Crippen molar-refractivity contribution in [3.63, 3.8) is 0 Å². The van der Waals surface area contributed by atoms with E-state index in [9.17, 15) is 14.4 Å². The van der Waals surface area contributed by atoms with Gasteiger partial charge < -0.3 is 14.1 Å². The Labute approximate surface area is 249 Å². The summed E-state index contributed by atoms with van der Waals surface area (Å²) in [5.41, 5.74) is 3.13. The number of methoxy groups -OCH3 is 1. The third-order valence-corrected chi connectivity index (χ3v) is 14.0. The molecule has 0 radical (unpaired) electrons. The van der Waals surface area contributed by atoms with Crippen molar-refractivity contribution >= 4 is 36.9 Å². The van der Waals surface area contributed by atoms with Gasteiger partial charge in [-0.05, 0) is 66.9 Å². The fourth-order valence-corrected chi connectivity index (χ4v) is 6.82. The van der Waals surface area contributed by atoms with E-state index in [2.05, 4.69) is 44.8 Å². The van der Waals surface area contributed by atoms with Gasteiger partial charge in [0.15, 0.2) is 8.32 Å². The van der Waals surface area contributed by atoms with Gasteiger partial charge in [0.05, 0.1) is 24.7 Å². The van der Waals surface area contributed by atoms with Crippen molar-refractivity contribution in [1.82, 2.24) is 14.0 Å². The van der Waals surface area contributed by atoms with Crippen LogP contribution in [0.1, 0.15) is 51.6 Å². The molecule has 42 heavy (non-hydrogen) atoms. The second-order valence-electron chi connectivity index (χ2n) is 13.3. The van der Waals surface area contributed by atoms with E-state index < -0.39 is 14.4 Å². The SMILES string of the molecule is COc1ccc(CN2C(=O)CCC(n3c(=O)n(C)c4cc(N5CC[C@H](CO[Si](C)(C)C(C)(C)C)C5)ccc43)C2=O)cc1. The fraction of sp³-hybridized carbons (Fsp3) is 0.531. The van der Waals surface area contributed by atoms with Crippen molar-refractivity contribution in [1.29, 1.82) is 0 Å². The predicted molar refractivity (Wildman–Crippen MR) is 167 cm³/mol. The summed E-state index contributed by atoms with van der Waals surface area (Å²) in [6.07, 6.45) is 1.58. The molecule has 0 aliphatic carbocycles. The van der Waals surface area contributed by atoms with Gasteiger partial charge >= 0.3 is 5.69 Å². The number of rotatable bonds is 8. The van der Waals surface area contributed by atoms with E-state index in [1.807, 2.05) is 36.4 Å². The average molecular weight is 593 g/mol. The van der Waals surface area contributed by atoms with Crippen molar-refractivity contribution in [3.05, 3.63) is 58.5 Å². The summed E-state index contributed by atoms with van der Waals surface area (Å²) in [5.74, 6) is 0.615. The van der Waals surface area contributed by atoms with Crippen LogP contribution in [0.4, 0.5) is 5.69 Å². The molecule has 0 bridgehead atoms. The number of carbonyl (C=O) groups excluding carboxylic acids is 2. The van der Waals surface area contributed by atoms with Crippen LogP contribution < -0.4 is 15.3 Å². The molecule has 226 valence electrons. The van der Waals surface area contributed by atoms with Gasteiger partial charge in [0.2, 0.25) is 5.91 Å². The number of aryl methyl sites for hydroxylation is 1. The molecule has 9 nitrogen and oxygen atoms in total. The lowest BCUT2D eigenvalue weighted by molar-refractivity contribution is -0.151. The Hall–Kier alpha value is -3.37. The number of imide groups is 1. The van der Waals surface area contributed by atoms with Gasteiger partial charge in [-0.1, -0.05) is 32.9 Å². The number of anilines is 1. The second-order valence-corrected chi connectivity index (χ2v) is 18.1. The summed E-state index contributed by atoms with van der Waals surface area (Å²) in [4.78, 5) is 43.6. The van der Waals surface area contributed by atoms with Crippen molar-refractivity contribution in [2.45, 2.75) is 70.8 Å². The monoisotopic (exact) mass is 592 g/mol. The van der Waals surface area contributed by atoms with Gasteiger partial charge in [-0.25, -0.2) is 4.79 Å². The summed E-state index contributed by atoms with van der Waals surface area (Å²) in [6, 6.07) is 12.6. The van der Waals surface area contributed by atoms with Gasteiger partial charge in [0.25, 0.3) is 5.91 Å². The van der Waals surface area contributed by atoms with Crippen LogP contribution in [0.5, 0.6) is 5.75 Å². The molecule has 10 heteroatoms. The first-order valence-electron chi connectivity index (χ1n) is 14.9. The van der Waals surface area contributed by atoms with E-state index in [4.69, 9.17) is 9.16 Å². The van der Waals surface area contributed by atoms with Gasteiger partial charge in [0, 0.05) is 44.8 Å². The number of fused-ring (bicyclic) bond motifs is 1. The molecule has 0 spiro atoms. The second kappa shape index (κ2) is 11.4. The number of likely N-dealkylation sites (tertiary alicyclic amines) is 1. The summed E-state index contributed by atoms with van der Waals surface area (Å²) >= 11 is 0. The molecule has 2 fully saturated rings. The number of hydrogen-bond acceptors (Lipinski definition) is 6. The topological polar surface area (TPSA) is 86.0 Å². The minimum Gasteiger partial charge on any atom is -0.497 e. The Morgan fingerprint density at radius 3 is 2.36 bits per heavy atom. The zero-order chi connectivity index (χ0) is 30.4. The number of carbonyl (C=O) groups is 2. The molecule has 2 amide bonds. The first-order chi connectivity index (χ1) is 19.8. The maximum absolute atomic E-state index is 13.7. The maximum atomic E-state index is 13.7. The van der Waals surface area contributed by atoms with Crippen LogP contribution in [0.2, 0.25) is 18.1 Å². The molecule has 0 saturated carbocycles. The number of hydrogen-bond donors (Lipinski definition) is 0. The first-order valence-corrected chi connectivity index (χ1v) is 17.8. The molecule has 2 aromatic carbocycles. The highest BCUT2D eigenvalue weighted by Gasteiger charge is 2.39. The highest BCUT2D eigenvalue weighted by Crippen LogP contribution is 2.38. The van der Waals surface area contributed by atoms with E-state index in [-0.39, 0.29) is 35.5 Å². The van der Waals surface area contributed by atoms with Gasteiger partial charge in [-0.15, -0.1) is 0 Å². The van der Waals surface area contributed by atoms with Crippen LogP contribution in [0, 0.1) is 5.92 Å². The highest BCUT2D eigenvalue weighted by atomic mass is 28.4. The van der Waals surface area contributed by atoms with Gasteiger partial charge in [0.1, 0.15) is 11.8 Å². The minimum atomic E-state index is -1.80.